The van der Waals surface area contributed by atoms with Crippen LogP contribution in [0.4, 0.5) is 0 Å². The van der Waals surface area contributed by atoms with Gasteiger partial charge in [0.05, 0.1) is 6.10 Å². The molecular formula is C7H18N2O. The van der Waals surface area contributed by atoms with E-state index in [0.29, 0.717) is 0 Å². The molecule has 3 nitrogen and oxygen atoms in total. The van der Waals surface area contributed by atoms with E-state index < -0.39 is 0 Å². The van der Waals surface area contributed by atoms with E-state index in [9.17, 15) is 0 Å². The Kier molecular flexibility index (Phi) is 5.58. The molecule has 0 aromatic carbocycles. The zero-order valence-electron chi connectivity index (χ0n) is 7.09. The number of nitrogens with one attached hydrogen (secondary N) is 1. The summed E-state index contributed by atoms with van der Waals surface area (Å²) in [6.45, 7) is 4.52. The molecule has 10 heavy (non-hydrogen) atoms. The molecule has 2 N–H and O–H groups in total. The van der Waals surface area contributed by atoms with Crippen LogP contribution in [0.15, 0.2) is 0 Å². The van der Waals surface area contributed by atoms with Crippen molar-refractivity contribution in [1.29, 1.82) is 0 Å². The summed E-state index contributed by atoms with van der Waals surface area (Å²) in [6, 6.07) is 0. The Morgan fingerprint density at radius 1 is 1.60 bits per heavy atom. The highest BCUT2D eigenvalue weighted by molar-refractivity contribution is 4.56. The summed E-state index contributed by atoms with van der Waals surface area (Å²) < 4.78 is 0. The molecule has 0 rings (SSSR count). The summed E-state index contributed by atoms with van der Waals surface area (Å²) in [7, 11) is 3.93. The van der Waals surface area contributed by atoms with Crippen LogP contribution in [0.1, 0.15) is 6.92 Å². The van der Waals surface area contributed by atoms with Gasteiger partial charge in [0.2, 0.25) is 0 Å². The first kappa shape index (κ1) is 9.88. The van der Waals surface area contributed by atoms with Gasteiger partial charge in [-0.2, -0.15) is 0 Å². The molecule has 0 heterocycles. The third kappa shape index (κ3) is 6.01. The number of likely N-dealkylation sites (N-methyl/N-ethyl adjacent to an activating group) is 2. The van der Waals surface area contributed by atoms with Crippen molar-refractivity contribution >= 4 is 0 Å². The van der Waals surface area contributed by atoms with Crippen LogP contribution in [-0.2, 0) is 0 Å². The van der Waals surface area contributed by atoms with Gasteiger partial charge in [0, 0.05) is 19.6 Å². The largest absolute Gasteiger partial charge is 0.392 e. The Labute approximate surface area is 63.0 Å². The molecule has 0 spiro atoms. The normalized spacial score (nSPS) is 14.1. The van der Waals surface area contributed by atoms with Crippen molar-refractivity contribution in [3.8, 4) is 0 Å². The fraction of sp³-hybridized carbons (Fsp3) is 1.00. The number of aliphatic hydroxyl groups excluding tert-OH is 1. The molecule has 0 aliphatic heterocycles. The van der Waals surface area contributed by atoms with Gasteiger partial charge in [-0.1, -0.05) is 0 Å². The Bertz CT molecular complexity index is 76.0. The lowest BCUT2D eigenvalue weighted by Gasteiger charge is -2.17. The molecular weight excluding hydrogens is 128 g/mol. The minimum Gasteiger partial charge on any atom is -0.392 e. The first-order chi connectivity index (χ1) is 4.66. The zero-order chi connectivity index (χ0) is 7.98. The number of hydrogen-bond donors (Lipinski definition) is 2. The van der Waals surface area contributed by atoms with E-state index in [1.165, 1.54) is 0 Å². The van der Waals surface area contributed by atoms with E-state index in [1.54, 1.807) is 6.92 Å². The number of aliphatic hydroxyl groups is 1. The maximum absolute atomic E-state index is 8.96. The fourth-order valence-electron chi connectivity index (χ4n) is 0.845. The highest BCUT2D eigenvalue weighted by Gasteiger charge is 2.00. The van der Waals surface area contributed by atoms with Gasteiger partial charge in [-0.15, -0.1) is 0 Å². The molecule has 0 fully saturated rings. The van der Waals surface area contributed by atoms with E-state index in [2.05, 4.69) is 10.2 Å². The van der Waals surface area contributed by atoms with Crippen LogP contribution < -0.4 is 5.32 Å². The van der Waals surface area contributed by atoms with Gasteiger partial charge in [0.1, 0.15) is 0 Å². The second kappa shape index (κ2) is 5.65. The predicted octanol–water partition coefficient (Wildman–Crippen LogP) is -0.482. The second-order valence-corrected chi connectivity index (χ2v) is 2.71. The Hall–Kier alpha value is -0.120. The van der Waals surface area contributed by atoms with Crippen molar-refractivity contribution in [2.24, 2.45) is 0 Å². The van der Waals surface area contributed by atoms with E-state index in [4.69, 9.17) is 5.11 Å². The lowest BCUT2D eigenvalue weighted by molar-refractivity contribution is 0.142. The average Bonchev–Trinajstić information content (AvgIpc) is 1.82. The quantitative estimate of drug-likeness (QED) is 0.550. The minimum atomic E-state index is -0.221. The van der Waals surface area contributed by atoms with Gasteiger partial charge in [-0.3, -0.25) is 0 Å². The van der Waals surface area contributed by atoms with E-state index in [-0.39, 0.29) is 6.10 Å². The molecule has 3 heteroatoms. The van der Waals surface area contributed by atoms with Crippen LogP contribution in [0.25, 0.3) is 0 Å². The van der Waals surface area contributed by atoms with Crippen molar-refractivity contribution in [1.82, 2.24) is 10.2 Å². The Morgan fingerprint density at radius 3 is 2.60 bits per heavy atom. The monoisotopic (exact) mass is 146 g/mol. The first-order valence-electron chi connectivity index (χ1n) is 3.68. The number of hydrogen-bond acceptors (Lipinski definition) is 3. The molecule has 0 radical (unpaired) electrons. The summed E-state index contributed by atoms with van der Waals surface area (Å²) in [5.74, 6) is 0. The van der Waals surface area contributed by atoms with Crippen LogP contribution in [0.2, 0.25) is 0 Å². The molecule has 0 saturated carbocycles. The molecule has 0 aliphatic rings. The molecule has 0 aromatic rings. The van der Waals surface area contributed by atoms with Crippen LogP contribution in [0.3, 0.4) is 0 Å². The van der Waals surface area contributed by atoms with Crippen LogP contribution in [0, 0.1) is 0 Å². The summed E-state index contributed by atoms with van der Waals surface area (Å²) >= 11 is 0. The topological polar surface area (TPSA) is 35.5 Å². The van der Waals surface area contributed by atoms with E-state index in [1.807, 2.05) is 14.1 Å². The van der Waals surface area contributed by atoms with Crippen molar-refractivity contribution in [2.45, 2.75) is 13.0 Å². The standard InChI is InChI=1S/C7H18N2O/c1-7(10)6-9(3)5-4-8-2/h7-8,10H,4-6H2,1-3H3/t7-/m1/s1. The Morgan fingerprint density at radius 2 is 2.20 bits per heavy atom. The molecule has 0 aliphatic carbocycles. The molecule has 0 saturated heterocycles. The predicted molar refractivity (Wildman–Crippen MR) is 43.1 cm³/mol. The average molecular weight is 146 g/mol. The second-order valence-electron chi connectivity index (χ2n) is 2.71. The van der Waals surface area contributed by atoms with Gasteiger partial charge >= 0.3 is 0 Å². The lowest BCUT2D eigenvalue weighted by atomic mass is 10.4. The van der Waals surface area contributed by atoms with Crippen molar-refractivity contribution in [3.63, 3.8) is 0 Å². The smallest absolute Gasteiger partial charge is 0.0638 e. The van der Waals surface area contributed by atoms with Crippen LogP contribution in [-0.4, -0.2) is 49.8 Å². The van der Waals surface area contributed by atoms with Crippen molar-refractivity contribution < 1.29 is 5.11 Å². The molecule has 1 atom stereocenters. The summed E-state index contributed by atoms with van der Waals surface area (Å²) in [6.07, 6.45) is -0.221. The number of nitrogens with zero attached hydrogens (tertiary/aromatic N) is 1. The molecule has 0 amide bonds. The van der Waals surface area contributed by atoms with Crippen LogP contribution in [0.5, 0.6) is 0 Å². The van der Waals surface area contributed by atoms with Crippen molar-refractivity contribution in [2.75, 3.05) is 33.7 Å². The van der Waals surface area contributed by atoms with Gasteiger partial charge in [0.25, 0.3) is 0 Å². The molecule has 62 valence electrons. The third-order valence-electron chi connectivity index (χ3n) is 1.32. The summed E-state index contributed by atoms with van der Waals surface area (Å²) in [5, 5.41) is 12.0. The van der Waals surface area contributed by atoms with Gasteiger partial charge in [-0.05, 0) is 21.0 Å². The Balaban J connectivity index is 3.16. The zero-order valence-corrected chi connectivity index (χ0v) is 7.09. The highest BCUT2D eigenvalue weighted by atomic mass is 16.3. The van der Waals surface area contributed by atoms with E-state index >= 15 is 0 Å². The van der Waals surface area contributed by atoms with Crippen molar-refractivity contribution in [3.05, 3.63) is 0 Å². The van der Waals surface area contributed by atoms with Gasteiger partial charge < -0.3 is 15.3 Å². The lowest BCUT2D eigenvalue weighted by Crippen LogP contribution is -2.32. The summed E-state index contributed by atoms with van der Waals surface area (Å²) in [4.78, 5) is 2.10. The highest BCUT2D eigenvalue weighted by Crippen LogP contribution is 1.85. The minimum absolute atomic E-state index is 0.221. The number of rotatable bonds is 5. The SMILES string of the molecule is CNCCN(C)C[C@@H](C)O. The molecule has 0 unspecified atom stereocenters. The van der Waals surface area contributed by atoms with E-state index in [0.717, 1.165) is 19.6 Å². The fourth-order valence-corrected chi connectivity index (χ4v) is 0.845. The van der Waals surface area contributed by atoms with Gasteiger partial charge in [-0.25, -0.2) is 0 Å². The van der Waals surface area contributed by atoms with Gasteiger partial charge in [0.15, 0.2) is 0 Å². The maximum Gasteiger partial charge on any atom is 0.0638 e. The molecule has 0 aromatic heterocycles. The maximum atomic E-state index is 8.96. The summed E-state index contributed by atoms with van der Waals surface area (Å²) in [5.41, 5.74) is 0. The van der Waals surface area contributed by atoms with Crippen LogP contribution >= 0.6 is 0 Å². The first-order valence-corrected chi connectivity index (χ1v) is 3.68. The molecule has 0 bridgehead atoms. The third-order valence-corrected chi connectivity index (χ3v) is 1.32.